The maximum atomic E-state index is 15.2. The van der Waals surface area contributed by atoms with E-state index in [-0.39, 0.29) is 46.8 Å². The summed E-state index contributed by atoms with van der Waals surface area (Å²) in [6.45, 7) is 17.2. The third-order valence-corrected chi connectivity index (χ3v) is 22.2. The highest BCUT2D eigenvalue weighted by molar-refractivity contribution is 5.78. The Morgan fingerprint density at radius 1 is 0.597 bits per heavy atom. The van der Waals surface area contributed by atoms with Gasteiger partial charge in [0.25, 0.3) is 0 Å². The van der Waals surface area contributed by atoms with E-state index in [1.807, 2.05) is 6.92 Å². The lowest BCUT2D eigenvalue weighted by molar-refractivity contribution is -0.338. The molecular formula is C55H90O22. The molecule has 9 fully saturated rings. The van der Waals surface area contributed by atoms with Crippen LogP contribution in [0.15, 0.2) is 12.2 Å². The zero-order chi connectivity index (χ0) is 56.4. The van der Waals surface area contributed by atoms with Crippen LogP contribution in [-0.2, 0) is 38.0 Å². The molecule has 442 valence electrons. The minimum atomic E-state index is -1.89. The van der Waals surface area contributed by atoms with Gasteiger partial charge in [-0.2, -0.15) is 0 Å². The topological polar surface area (TPSA) is 365 Å². The first-order valence-electron chi connectivity index (χ1n) is 28.2. The summed E-state index contributed by atoms with van der Waals surface area (Å²) in [4.78, 5) is 15.2. The van der Waals surface area contributed by atoms with Crippen LogP contribution in [0.3, 0.4) is 0 Å². The molecule has 77 heavy (non-hydrogen) atoms. The zero-order valence-electron chi connectivity index (χ0n) is 45.5. The fraction of sp³-hybridized carbons (Fsp3) is 0.945. The van der Waals surface area contributed by atoms with Crippen molar-refractivity contribution in [1.29, 1.82) is 0 Å². The van der Waals surface area contributed by atoms with Gasteiger partial charge in [0.2, 0.25) is 6.29 Å². The van der Waals surface area contributed by atoms with Crippen molar-refractivity contribution in [3.8, 4) is 0 Å². The normalized spacial score (nSPS) is 55.5. The lowest BCUT2D eigenvalue weighted by atomic mass is 9.31. The minimum Gasteiger partial charge on any atom is -0.432 e. The average Bonchev–Trinajstić information content (AvgIpc) is 4.02. The van der Waals surface area contributed by atoms with Crippen LogP contribution in [0.4, 0.5) is 0 Å². The average molecular weight is 1100 g/mol. The molecule has 14 N–H and O–H groups in total. The van der Waals surface area contributed by atoms with Gasteiger partial charge >= 0.3 is 5.97 Å². The Balaban J connectivity index is 0.892. The van der Waals surface area contributed by atoms with E-state index in [0.717, 1.165) is 18.4 Å². The van der Waals surface area contributed by atoms with Crippen LogP contribution >= 0.6 is 0 Å². The second-order valence-corrected chi connectivity index (χ2v) is 26.5. The SMILES string of the molecule is C=C(C)[C@@H]1CC[C@]2(C(=O)O[C@@H]3O[C@H](CO[C@@H]4O[C@H](CO)[C@@H](O[C@@H]5C[C@H](C)[C@H](O)[C@@H](O)[C@H]5O)[C@@H](O)[C@H]4O)[C@H](O)[C@@H](O)[C@H]3O)CC[C@]3(C)[C@H](C[C@@H](O)[C@@H]4[C@@]5(C)CC[C@@H](O[C@@H]6O[C@H](CO)[C@H](O)[C@@H](O)[C@H]6O)C(C)(C)[C@@H]5CC[C@]43C)[C@@H]12. The number of carbonyl (C=O) groups is 1. The van der Waals surface area contributed by atoms with Gasteiger partial charge in [-0.1, -0.05) is 53.7 Å². The van der Waals surface area contributed by atoms with E-state index in [1.54, 1.807) is 6.92 Å². The van der Waals surface area contributed by atoms with Crippen molar-refractivity contribution in [2.45, 2.75) is 241 Å². The number of hydrogen-bond acceptors (Lipinski definition) is 22. The molecule has 3 saturated heterocycles. The Morgan fingerprint density at radius 2 is 1.19 bits per heavy atom. The van der Waals surface area contributed by atoms with E-state index < -0.39 is 177 Å². The Kier molecular flexibility index (Phi) is 17.0. The van der Waals surface area contributed by atoms with Crippen LogP contribution in [0.2, 0.25) is 0 Å². The summed E-state index contributed by atoms with van der Waals surface area (Å²) in [5.41, 5.74) is -1.86. The number of ether oxygens (including phenoxy) is 7. The van der Waals surface area contributed by atoms with E-state index in [2.05, 4.69) is 41.2 Å². The summed E-state index contributed by atoms with van der Waals surface area (Å²) < 4.78 is 42.0. The Morgan fingerprint density at radius 3 is 1.84 bits per heavy atom. The summed E-state index contributed by atoms with van der Waals surface area (Å²) in [6, 6.07) is 0. The smallest absolute Gasteiger partial charge is 0.314 e. The first-order chi connectivity index (χ1) is 36.0. The molecule has 31 atom stereocenters. The van der Waals surface area contributed by atoms with E-state index in [0.29, 0.717) is 44.9 Å². The molecule has 9 aliphatic rings. The first-order valence-corrected chi connectivity index (χ1v) is 28.2. The fourth-order valence-electron chi connectivity index (χ4n) is 17.8. The molecule has 6 aliphatic carbocycles. The lowest BCUT2D eigenvalue weighted by Crippen LogP contribution is -2.70. The molecule has 0 aromatic rings. The first kappa shape index (κ1) is 60.0. The van der Waals surface area contributed by atoms with Gasteiger partial charge in [-0.25, -0.2) is 0 Å². The van der Waals surface area contributed by atoms with Gasteiger partial charge in [0.05, 0.1) is 49.7 Å². The van der Waals surface area contributed by atoms with Crippen LogP contribution in [0.25, 0.3) is 0 Å². The molecule has 22 heteroatoms. The molecule has 0 aromatic carbocycles. The fourth-order valence-corrected chi connectivity index (χ4v) is 17.8. The van der Waals surface area contributed by atoms with Crippen LogP contribution < -0.4 is 0 Å². The lowest BCUT2D eigenvalue weighted by Gasteiger charge is -2.73. The number of esters is 1. The van der Waals surface area contributed by atoms with Crippen molar-refractivity contribution in [1.82, 2.24) is 0 Å². The highest BCUT2D eigenvalue weighted by atomic mass is 16.7. The van der Waals surface area contributed by atoms with Gasteiger partial charge in [-0.3, -0.25) is 4.79 Å². The number of carbonyl (C=O) groups excluding carboxylic acids is 1. The quantitative estimate of drug-likeness (QED) is 0.0600. The molecule has 9 rings (SSSR count). The van der Waals surface area contributed by atoms with Gasteiger partial charge in [-0.05, 0) is 128 Å². The number of hydrogen-bond donors (Lipinski definition) is 14. The summed E-state index contributed by atoms with van der Waals surface area (Å²) in [5.74, 6) is -1.86. The Bertz CT molecular complexity index is 2100. The molecule has 6 saturated carbocycles. The van der Waals surface area contributed by atoms with E-state index >= 15 is 4.79 Å². The van der Waals surface area contributed by atoms with Crippen molar-refractivity contribution in [3.05, 3.63) is 12.2 Å². The van der Waals surface area contributed by atoms with Crippen LogP contribution in [0, 0.1) is 62.6 Å². The van der Waals surface area contributed by atoms with E-state index in [1.165, 1.54) is 0 Å². The van der Waals surface area contributed by atoms with Gasteiger partial charge in [0.15, 0.2) is 12.6 Å². The third kappa shape index (κ3) is 9.62. The molecule has 0 bridgehead atoms. The number of rotatable bonds is 12. The van der Waals surface area contributed by atoms with Crippen LogP contribution in [0.5, 0.6) is 0 Å². The van der Waals surface area contributed by atoms with Gasteiger partial charge in [0.1, 0.15) is 85.5 Å². The Labute approximate surface area is 450 Å². The van der Waals surface area contributed by atoms with E-state index in [9.17, 15) is 71.5 Å². The summed E-state index contributed by atoms with van der Waals surface area (Å²) in [6.07, 6.45) is -25.1. The molecule has 0 spiro atoms. The number of allylic oxidation sites excluding steroid dienone is 1. The molecule has 0 radical (unpaired) electrons. The van der Waals surface area contributed by atoms with Crippen LogP contribution in [-0.4, -0.2) is 226 Å². The monoisotopic (exact) mass is 1100 g/mol. The van der Waals surface area contributed by atoms with Gasteiger partial charge < -0.3 is 105 Å². The second-order valence-electron chi connectivity index (χ2n) is 26.5. The number of aliphatic hydroxyl groups is 14. The summed E-state index contributed by atoms with van der Waals surface area (Å²) >= 11 is 0. The Hall–Kier alpha value is -1.59. The molecule has 3 aliphatic heterocycles. The van der Waals surface area contributed by atoms with Crippen molar-refractivity contribution in [3.63, 3.8) is 0 Å². The van der Waals surface area contributed by atoms with Crippen molar-refractivity contribution in [2.75, 3.05) is 19.8 Å². The maximum absolute atomic E-state index is 15.2. The van der Waals surface area contributed by atoms with Gasteiger partial charge in [0, 0.05) is 0 Å². The minimum absolute atomic E-state index is 0.0554. The second kappa shape index (κ2) is 21.9. The van der Waals surface area contributed by atoms with Gasteiger partial charge in [-0.15, -0.1) is 0 Å². The number of aliphatic hydroxyl groups excluding tert-OH is 14. The molecule has 0 amide bonds. The molecular weight excluding hydrogens is 1010 g/mol. The predicted octanol–water partition coefficient (Wildman–Crippen LogP) is -1.52. The molecule has 0 aromatic heterocycles. The third-order valence-electron chi connectivity index (χ3n) is 22.2. The zero-order valence-corrected chi connectivity index (χ0v) is 45.5. The van der Waals surface area contributed by atoms with Crippen LogP contribution in [0.1, 0.15) is 113 Å². The van der Waals surface area contributed by atoms with Crippen molar-refractivity contribution < 1.29 is 109 Å². The summed E-state index contributed by atoms with van der Waals surface area (Å²) in [5, 5.41) is 152. The van der Waals surface area contributed by atoms with Crippen molar-refractivity contribution >= 4 is 5.97 Å². The number of fused-ring (bicyclic) bond motifs is 7. The molecule has 22 nitrogen and oxygen atoms in total. The summed E-state index contributed by atoms with van der Waals surface area (Å²) in [7, 11) is 0. The standard InChI is InChI=1S/C55H90O22/c1-22(2)24-9-14-55(50(70)77-49-43(68)40(65)37(62)30(75-49)21-71-47-44(69)41(66)45(29(20-57)74-47)72-27-17-23(3)34(59)38(63)35(27)60)16-15-53(7)25(33(24)55)18-26(58)46-52(6)12-11-32(51(4,5)31(52)10-13-54(46,53)8)76-48-42(67)39(64)36(61)28(19-56)73-48/h23-49,56-69H,1,9-21H2,2-8H3/t23-,24-,25+,26+,27+,28+,29+,30+,31-,32+,33+,34-,35-,36-,37-,38+,39+,40+,41-,42+,43+,44+,45+,46+,47+,48-,49-,52-,53+,54+,55-/m0/s1. The molecule has 0 unspecified atom stereocenters. The van der Waals surface area contributed by atoms with E-state index in [4.69, 9.17) is 33.2 Å². The largest absolute Gasteiger partial charge is 0.432 e. The van der Waals surface area contributed by atoms with Crippen molar-refractivity contribution in [2.24, 2.45) is 62.6 Å². The highest BCUT2D eigenvalue weighted by Gasteiger charge is 2.74. The predicted molar refractivity (Wildman–Crippen MR) is 266 cm³/mol. The maximum Gasteiger partial charge on any atom is 0.314 e. The molecule has 3 heterocycles. The highest BCUT2D eigenvalue weighted by Crippen LogP contribution is 2.78.